The summed E-state index contributed by atoms with van der Waals surface area (Å²) < 4.78 is 12.9. The molecule has 0 spiro atoms. The summed E-state index contributed by atoms with van der Waals surface area (Å²) in [5, 5.41) is 0. The SMILES string of the molecule is CCN(C(=NC(C)C)NN)c1ccc(F)cc1. The van der Waals surface area contributed by atoms with E-state index in [0.29, 0.717) is 12.5 Å². The molecule has 0 heterocycles. The van der Waals surface area contributed by atoms with Crippen molar-refractivity contribution < 1.29 is 4.39 Å². The maximum absolute atomic E-state index is 12.9. The van der Waals surface area contributed by atoms with Crippen molar-refractivity contribution in [1.82, 2.24) is 5.43 Å². The van der Waals surface area contributed by atoms with E-state index in [4.69, 9.17) is 5.84 Å². The van der Waals surface area contributed by atoms with Gasteiger partial charge in [-0.3, -0.25) is 5.43 Å². The van der Waals surface area contributed by atoms with Gasteiger partial charge in [0.05, 0.1) is 0 Å². The molecule has 0 aliphatic rings. The van der Waals surface area contributed by atoms with E-state index in [0.717, 1.165) is 5.69 Å². The van der Waals surface area contributed by atoms with E-state index in [1.807, 2.05) is 25.7 Å². The van der Waals surface area contributed by atoms with Gasteiger partial charge in [-0.25, -0.2) is 15.2 Å². The lowest BCUT2D eigenvalue weighted by Crippen LogP contribution is -2.45. The number of nitrogens with one attached hydrogen (secondary N) is 1. The molecule has 0 saturated heterocycles. The largest absolute Gasteiger partial charge is 0.312 e. The fourth-order valence-corrected chi connectivity index (χ4v) is 1.51. The summed E-state index contributed by atoms with van der Waals surface area (Å²) in [5.74, 6) is 5.79. The number of hydrogen-bond donors (Lipinski definition) is 2. The first-order valence-electron chi connectivity index (χ1n) is 5.66. The summed E-state index contributed by atoms with van der Waals surface area (Å²) in [6, 6.07) is 6.37. The summed E-state index contributed by atoms with van der Waals surface area (Å²) >= 11 is 0. The Morgan fingerprint density at radius 1 is 1.41 bits per heavy atom. The van der Waals surface area contributed by atoms with Gasteiger partial charge in [-0.2, -0.15) is 0 Å². The summed E-state index contributed by atoms with van der Waals surface area (Å²) in [4.78, 5) is 6.27. The number of nitrogens with zero attached hydrogens (tertiary/aromatic N) is 2. The first-order chi connectivity index (χ1) is 8.08. The van der Waals surface area contributed by atoms with Crippen molar-refractivity contribution >= 4 is 11.6 Å². The normalized spacial score (nSPS) is 11.8. The molecule has 0 bridgehead atoms. The van der Waals surface area contributed by atoms with Crippen LogP contribution < -0.4 is 16.2 Å². The first kappa shape index (κ1) is 13.4. The van der Waals surface area contributed by atoms with Crippen LogP contribution in [0.3, 0.4) is 0 Å². The molecule has 0 aliphatic carbocycles. The maximum atomic E-state index is 12.9. The molecule has 0 unspecified atom stereocenters. The number of hydrogen-bond acceptors (Lipinski definition) is 2. The second-order valence-corrected chi connectivity index (χ2v) is 3.91. The van der Waals surface area contributed by atoms with Gasteiger partial charge in [-0.1, -0.05) is 0 Å². The van der Waals surface area contributed by atoms with Crippen LogP contribution in [0.25, 0.3) is 0 Å². The Hall–Kier alpha value is -1.62. The highest BCUT2D eigenvalue weighted by molar-refractivity contribution is 5.95. The third-order valence-corrected chi connectivity index (χ3v) is 2.22. The molecule has 5 heteroatoms. The number of hydrazine groups is 1. The van der Waals surface area contributed by atoms with Crippen molar-refractivity contribution in [2.24, 2.45) is 10.8 Å². The molecule has 1 aromatic carbocycles. The molecule has 0 atom stereocenters. The number of nitrogens with two attached hydrogens (primary N) is 1. The van der Waals surface area contributed by atoms with E-state index in [2.05, 4.69) is 10.4 Å². The molecule has 0 radical (unpaired) electrons. The number of rotatable bonds is 3. The Balaban J connectivity index is 3.01. The molecule has 94 valence electrons. The number of aliphatic imine (C=N–C) groups is 1. The van der Waals surface area contributed by atoms with Gasteiger partial charge < -0.3 is 4.90 Å². The van der Waals surface area contributed by atoms with Crippen molar-refractivity contribution in [2.45, 2.75) is 26.8 Å². The molecule has 0 saturated carbocycles. The van der Waals surface area contributed by atoms with E-state index >= 15 is 0 Å². The van der Waals surface area contributed by atoms with E-state index in [9.17, 15) is 4.39 Å². The molecule has 1 aromatic rings. The van der Waals surface area contributed by atoms with Crippen LogP contribution >= 0.6 is 0 Å². The third-order valence-electron chi connectivity index (χ3n) is 2.22. The average Bonchev–Trinajstić information content (AvgIpc) is 2.30. The lowest BCUT2D eigenvalue weighted by atomic mass is 10.3. The summed E-state index contributed by atoms with van der Waals surface area (Å²) in [6.45, 7) is 6.61. The van der Waals surface area contributed by atoms with Crippen molar-refractivity contribution in [1.29, 1.82) is 0 Å². The van der Waals surface area contributed by atoms with E-state index in [-0.39, 0.29) is 11.9 Å². The zero-order valence-corrected chi connectivity index (χ0v) is 10.4. The van der Waals surface area contributed by atoms with Gasteiger partial charge in [-0.15, -0.1) is 0 Å². The smallest absolute Gasteiger partial charge is 0.213 e. The fraction of sp³-hybridized carbons (Fsp3) is 0.417. The lowest BCUT2D eigenvalue weighted by molar-refractivity contribution is 0.628. The topological polar surface area (TPSA) is 53.6 Å². The highest BCUT2D eigenvalue weighted by atomic mass is 19.1. The number of guanidine groups is 1. The van der Waals surface area contributed by atoms with E-state index in [1.165, 1.54) is 12.1 Å². The highest BCUT2D eigenvalue weighted by Crippen LogP contribution is 2.14. The standard InChI is InChI=1S/C12H19FN4/c1-4-17(12(16-14)15-9(2)3)11-7-5-10(13)6-8-11/h5-9H,4,14H2,1-3H3,(H,15,16). The van der Waals surface area contributed by atoms with Crippen LogP contribution in [-0.4, -0.2) is 18.5 Å². The van der Waals surface area contributed by atoms with Gasteiger partial charge in [0.2, 0.25) is 5.96 Å². The minimum atomic E-state index is -0.257. The number of benzene rings is 1. The van der Waals surface area contributed by atoms with Crippen molar-refractivity contribution in [3.05, 3.63) is 30.1 Å². The molecule has 0 fully saturated rings. The Morgan fingerprint density at radius 3 is 2.41 bits per heavy atom. The van der Waals surface area contributed by atoms with Crippen LogP contribution in [0.15, 0.2) is 29.3 Å². The highest BCUT2D eigenvalue weighted by Gasteiger charge is 2.11. The molecule has 3 N–H and O–H groups in total. The van der Waals surface area contributed by atoms with E-state index < -0.39 is 0 Å². The van der Waals surface area contributed by atoms with Crippen LogP contribution in [0.5, 0.6) is 0 Å². The zero-order chi connectivity index (χ0) is 12.8. The Labute approximate surface area is 101 Å². The number of anilines is 1. The predicted octanol–water partition coefficient (Wildman–Crippen LogP) is 1.88. The number of halogens is 1. The molecule has 1 rings (SSSR count). The lowest BCUT2D eigenvalue weighted by Gasteiger charge is -2.24. The molecular weight excluding hydrogens is 219 g/mol. The first-order valence-corrected chi connectivity index (χ1v) is 5.66. The predicted molar refractivity (Wildman–Crippen MR) is 69.3 cm³/mol. The van der Waals surface area contributed by atoms with Crippen LogP contribution in [0.1, 0.15) is 20.8 Å². The molecular formula is C12H19FN4. The third kappa shape index (κ3) is 3.71. The second-order valence-electron chi connectivity index (χ2n) is 3.91. The minimum absolute atomic E-state index is 0.135. The second kappa shape index (κ2) is 6.20. The average molecular weight is 238 g/mol. The maximum Gasteiger partial charge on any atom is 0.213 e. The minimum Gasteiger partial charge on any atom is -0.312 e. The van der Waals surface area contributed by atoms with Crippen LogP contribution in [-0.2, 0) is 0 Å². The molecule has 0 amide bonds. The van der Waals surface area contributed by atoms with Crippen LogP contribution in [0.4, 0.5) is 10.1 Å². The Bertz CT molecular complexity index is 373. The van der Waals surface area contributed by atoms with Crippen LogP contribution in [0.2, 0.25) is 0 Å². The van der Waals surface area contributed by atoms with Gasteiger partial charge in [0.1, 0.15) is 5.82 Å². The molecule has 4 nitrogen and oxygen atoms in total. The van der Waals surface area contributed by atoms with Crippen LogP contribution in [0, 0.1) is 5.82 Å². The van der Waals surface area contributed by atoms with Gasteiger partial charge in [-0.05, 0) is 45.0 Å². The fourth-order valence-electron chi connectivity index (χ4n) is 1.51. The zero-order valence-electron chi connectivity index (χ0n) is 10.4. The summed E-state index contributed by atoms with van der Waals surface area (Å²) in [6.07, 6.45) is 0. The quantitative estimate of drug-likeness (QED) is 0.366. The summed E-state index contributed by atoms with van der Waals surface area (Å²) in [5.41, 5.74) is 3.43. The Morgan fingerprint density at radius 2 is 2.00 bits per heavy atom. The van der Waals surface area contributed by atoms with Gasteiger partial charge in [0, 0.05) is 18.3 Å². The molecule has 0 aromatic heterocycles. The van der Waals surface area contributed by atoms with Crippen molar-refractivity contribution in [2.75, 3.05) is 11.4 Å². The van der Waals surface area contributed by atoms with E-state index in [1.54, 1.807) is 12.1 Å². The van der Waals surface area contributed by atoms with Crippen molar-refractivity contribution in [3.8, 4) is 0 Å². The Kier molecular flexibility index (Phi) is 4.90. The molecule has 17 heavy (non-hydrogen) atoms. The van der Waals surface area contributed by atoms with Gasteiger partial charge in [0.25, 0.3) is 0 Å². The summed E-state index contributed by atoms with van der Waals surface area (Å²) in [7, 11) is 0. The van der Waals surface area contributed by atoms with Gasteiger partial charge >= 0.3 is 0 Å². The van der Waals surface area contributed by atoms with Gasteiger partial charge in [0.15, 0.2) is 0 Å². The monoisotopic (exact) mass is 238 g/mol. The van der Waals surface area contributed by atoms with Crippen molar-refractivity contribution in [3.63, 3.8) is 0 Å². The molecule has 0 aliphatic heterocycles.